The summed E-state index contributed by atoms with van der Waals surface area (Å²) in [4.78, 5) is 14.9. The summed E-state index contributed by atoms with van der Waals surface area (Å²) in [5.41, 5.74) is 2.25. The van der Waals surface area contributed by atoms with E-state index in [0.717, 1.165) is 10.9 Å². The van der Waals surface area contributed by atoms with Crippen molar-refractivity contribution >= 4 is 48.5 Å². The van der Waals surface area contributed by atoms with E-state index < -0.39 is 10.0 Å². The Bertz CT molecular complexity index is 1070. The fraction of sp³-hybridized carbons (Fsp3) is 0.118. The van der Waals surface area contributed by atoms with Crippen LogP contribution in [-0.2, 0) is 10.0 Å². The average molecular weight is 422 g/mol. The summed E-state index contributed by atoms with van der Waals surface area (Å²) in [6, 6.07) is 11.8. The number of halogens is 1. The monoisotopic (exact) mass is 421 g/mol. The third-order valence-electron chi connectivity index (χ3n) is 3.78. The summed E-state index contributed by atoms with van der Waals surface area (Å²) in [5.74, 6) is -0.233. The molecule has 1 aromatic heterocycles. The molecule has 3 N–H and O–H groups in total. The Labute approximate surface area is 153 Å². The van der Waals surface area contributed by atoms with Gasteiger partial charge in [0.25, 0.3) is 15.9 Å². The lowest BCUT2D eigenvalue weighted by atomic mass is 10.2. The first kappa shape index (κ1) is 17.5. The summed E-state index contributed by atoms with van der Waals surface area (Å²) >= 11 is 3.30. The third-order valence-corrected chi connectivity index (χ3v) is 5.80. The van der Waals surface area contributed by atoms with Gasteiger partial charge in [-0.25, -0.2) is 8.42 Å². The molecule has 0 saturated heterocycles. The first-order chi connectivity index (χ1) is 11.8. The molecule has 0 saturated carbocycles. The molecule has 2 aromatic carbocycles. The van der Waals surface area contributed by atoms with Gasteiger partial charge < -0.3 is 10.3 Å². The second-order valence-electron chi connectivity index (χ2n) is 5.58. The van der Waals surface area contributed by atoms with Crippen molar-refractivity contribution < 1.29 is 13.2 Å². The molecular formula is C17H16BrN3O3S. The number of rotatable bonds is 4. The molecule has 3 rings (SSSR count). The number of aromatic amines is 1. The van der Waals surface area contributed by atoms with Crippen molar-refractivity contribution in [3.63, 3.8) is 0 Å². The highest BCUT2D eigenvalue weighted by Crippen LogP contribution is 2.25. The zero-order chi connectivity index (χ0) is 18.2. The van der Waals surface area contributed by atoms with Gasteiger partial charge in [0.1, 0.15) is 5.69 Å². The van der Waals surface area contributed by atoms with Crippen LogP contribution in [-0.4, -0.2) is 26.4 Å². The first-order valence-electron chi connectivity index (χ1n) is 7.44. The number of carbonyl (C=O) groups excluding carboxylic acids is 1. The summed E-state index contributed by atoms with van der Waals surface area (Å²) in [6.07, 6.45) is 0. The molecule has 6 nitrogen and oxygen atoms in total. The summed E-state index contributed by atoms with van der Waals surface area (Å²) in [7, 11) is -2.17. The Kier molecular flexibility index (Phi) is 4.57. The van der Waals surface area contributed by atoms with Crippen LogP contribution in [0, 0.1) is 6.92 Å². The van der Waals surface area contributed by atoms with E-state index in [1.165, 1.54) is 0 Å². The number of aryl methyl sites for hydroxylation is 1. The number of aromatic nitrogens is 1. The second-order valence-corrected chi connectivity index (χ2v) is 8.15. The fourth-order valence-corrected chi connectivity index (χ4v) is 4.36. The first-order valence-corrected chi connectivity index (χ1v) is 9.71. The number of hydrogen-bond acceptors (Lipinski definition) is 3. The molecule has 0 aliphatic heterocycles. The number of amides is 1. The van der Waals surface area contributed by atoms with Crippen molar-refractivity contribution in [2.24, 2.45) is 0 Å². The number of nitrogens with one attached hydrogen (secondary N) is 3. The number of hydrogen-bond donors (Lipinski definition) is 3. The highest BCUT2D eigenvalue weighted by atomic mass is 79.9. The zero-order valence-corrected chi connectivity index (χ0v) is 16.0. The van der Waals surface area contributed by atoms with E-state index in [9.17, 15) is 13.2 Å². The molecule has 0 bridgehead atoms. The molecule has 130 valence electrons. The molecule has 0 spiro atoms. The minimum Gasteiger partial charge on any atom is -0.354 e. The van der Waals surface area contributed by atoms with Gasteiger partial charge in [0.15, 0.2) is 0 Å². The molecule has 8 heteroatoms. The number of carbonyl (C=O) groups is 1. The largest absolute Gasteiger partial charge is 0.354 e. The van der Waals surface area contributed by atoms with E-state index in [2.05, 4.69) is 31.0 Å². The molecule has 0 aliphatic rings. The fourth-order valence-electron chi connectivity index (χ4n) is 2.53. The Morgan fingerprint density at radius 3 is 2.60 bits per heavy atom. The Morgan fingerprint density at radius 1 is 1.12 bits per heavy atom. The minimum absolute atomic E-state index is 0.210. The van der Waals surface area contributed by atoms with Crippen LogP contribution < -0.4 is 10.0 Å². The smallest absolute Gasteiger partial charge is 0.267 e. The third kappa shape index (κ3) is 3.54. The predicted octanol–water partition coefficient (Wildman–Crippen LogP) is 3.40. The lowest BCUT2D eigenvalue weighted by Crippen LogP contribution is -2.17. The van der Waals surface area contributed by atoms with Crippen LogP contribution >= 0.6 is 15.9 Å². The standard InChI is InChI=1S/C17H16BrN3O3S/c1-10-3-4-12(18)9-16(10)25(23,24)21-13-5-6-14-11(7-13)8-15(20-14)17(22)19-2/h3-9,20-21H,1-2H3,(H,19,22). The molecule has 0 fully saturated rings. The quantitative estimate of drug-likeness (QED) is 0.602. The van der Waals surface area contributed by atoms with Crippen LogP contribution in [0.4, 0.5) is 5.69 Å². The SMILES string of the molecule is CNC(=O)c1cc2cc(NS(=O)(=O)c3cc(Br)ccc3C)ccc2[nH]1. The highest BCUT2D eigenvalue weighted by molar-refractivity contribution is 9.10. The van der Waals surface area contributed by atoms with Crippen LogP contribution in [0.5, 0.6) is 0 Å². The van der Waals surface area contributed by atoms with Gasteiger partial charge >= 0.3 is 0 Å². The van der Waals surface area contributed by atoms with Crippen LogP contribution in [0.2, 0.25) is 0 Å². The zero-order valence-electron chi connectivity index (χ0n) is 13.6. The van der Waals surface area contributed by atoms with Crippen LogP contribution in [0.25, 0.3) is 10.9 Å². The van der Waals surface area contributed by atoms with Gasteiger partial charge in [-0.3, -0.25) is 9.52 Å². The van der Waals surface area contributed by atoms with Gasteiger partial charge in [0.2, 0.25) is 0 Å². The van der Waals surface area contributed by atoms with Gasteiger partial charge in [0.05, 0.1) is 4.90 Å². The van der Waals surface area contributed by atoms with Gasteiger partial charge in [-0.1, -0.05) is 22.0 Å². The Balaban J connectivity index is 1.96. The molecule has 0 aliphatic carbocycles. The van der Waals surface area contributed by atoms with Gasteiger partial charge in [-0.2, -0.15) is 0 Å². The van der Waals surface area contributed by atoms with Gasteiger partial charge in [-0.05, 0) is 48.9 Å². The van der Waals surface area contributed by atoms with Crippen molar-refractivity contribution in [3.05, 3.63) is 58.2 Å². The van der Waals surface area contributed by atoms with Gasteiger partial charge in [-0.15, -0.1) is 0 Å². The molecule has 0 radical (unpaired) electrons. The number of sulfonamides is 1. The van der Waals surface area contributed by atoms with Gasteiger partial charge in [0, 0.05) is 28.1 Å². The molecule has 3 aromatic rings. The number of anilines is 1. The van der Waals surface area contributed by atoms with Crippen LogP contribution in [0.15, 0.2) is 51.8 Å². The average Bonchev–Trinajstić information content (AvgIpc) is 2.99. The molecule has 1 heterocycles. The van der Waals surface area contributed by atoms with Crippen LogP contribution in [0.1, 0.15) is 16.1 Å². The normalized spacial score (nSPS) is 11.5. The van der Waals surface area contributed by atoms with Crippen molar-refractivity contribution in [2.75, 3.05) is 11.8 Å². The summed E-state index contributed by atoms with van der Waals surface area (Å²) < 4.78 is 28.6. The molecule has 0 unspecified atom stereocenters. The lowest BCUT2D eigenvalue weighted by Gasteiger charge is -2.11. The van der Waals surface area contributed by atoms with Crippen molar-refractivity contribution in [2.45, 2.75) is 11.8 Å². The van der Waals surface area contributed by atoms with E-state index in [-0.39, 0.29) is 10.8 Å². The Morgan fingerprint density at radius 2 is 1.88 bits per heavy atom. The molecule has 1 amide bonds. The van der Waals surface area contributed by atoms with Crippen LogP contribution in [0.3, 0.4) is 0 Å². The van der Waals surface area contributed by atoms with E-state index >= 15 is 0 Å². The number of benzene rings is 2. The topological polar surface area (TPSA) is 91.1 Å². The Hall–Kier alpha value is -2.32. The molecule has 0 atom stereocenters. The lowest BCUT2D eigenvalue weighted by molar-refractivity contribution is 0.0959. The van der Waals surface area contributed by atoms with Crippen molar-refractivity contribution in [1.82, 2.24) is 10.3 Å². The summed E-state index contributed by atoms with van der Waals surface area (Å²) in [6.45, 7) is 1.74. The number of H-pyrrole nitrogens is 1. The predicted molar refractivity (Wildman–Crippen MR) is 101 cm³/mol. The maximum Gasteiger partial charge on any atom is 0.267 e. The van der Waals surface area contributed by atoms with E-state index in [1.807, 2.05) is 0 Å². The van der Waals surface area contributed by atoms with Crippen molar-refractivity contribution in [1.29, 1.82) is 0 Å². The summed E-state index contributed by atoms with van der Waals surface area (Å²) in [5, 5.41) is 3.28. The second kappa shape index (κ2) is 6.53. The molecular weight excluding hydrogens is 406 g/mol. The maximum atomic E-state index is 12.7. The number of fused-ring (bicyclic) bond motifs is 1. The van der Waals surface area contributed by atoms with E-state index in [4.69, 9.17) is 0 Å². The van der Waals surface area contributed by atoms with E-state index in [1.54, 1.807) is 56.4 Å². The highest BCUT2D eigenvalue weighted by Gasteiger charge is 2.18. The minimum atomic E-state index is -3.72. The van der Waals surface area contributed by atoms with Crippen molar-refractivity contribution in [3.8, 4) is 0 Å². The maximum absolute atomic E-state index is 12.7. The molecule has 25 heavy (non-hydrogen) atoms. The van der Waals surface area contributed by atoms with E-state index in [0.29, 0.717) is 21.4 Å².